The summed E-state index contributed by atoms with van der Waals surface area (Å²) in [5.41, 5.74) is 1.58. The molecule has 0 aliphatic rings. The van der Waals surface area contributed by atoms with Gasteiger partial charge < -0.3 is 4.57 Å². The van der Waals surface area contributed by atoms with Crippen molar-refractivity contribution in [2.24, 2.45) is 0 Å². The highest BCUT2D eigenvalue weighted by molar-refractivity contribution is 7.98. The Hall–Kier alpha value is -2.08. The van der Waals surface area contributed by atoms with E-state index in [4.69, 9.17) is 0 Å². The highest BCUT2D eigenvalue weighted by Crippen LogP contribution is 2.15. The van der Waals surface area contributed by atoms with E-state index in [1.807, 2.05) is 35.1 Å². The Morgan fingerprint density at radius 2 is 2.00 bits per heavy atom. The second-order valence-electron chi connectivity index (χ2n) is 4.05. The third kappa shape index (κ3) is 2.15. The Labute approximate surface area is 113 Å². The van der Waals surface area contributed by atoms with Gasteiger partial charge in [-0.05, 0) is 11.8 Å². The molecule has 0 saturated heterocycles. The largest absolute Gasteiger partial charge is 0.372 e. The van der Waals surface area contributed by atoms with Gasteiger partial charge in [-0.3, -0.25) is 0 Å². The van der Waals surface area contributed by atoms with Gasteiger partial charge in [0.1, 0.15) is 5.65 Å². The SMILES string of the molecule is CSc1nc(=O)n2nccc2n1Cc1ccccc1. The average molecular weight is 272 g/mol. The number of hydrogen-bond acceptors (Lipinski definition) is 4. The van der Waals surface area contributed by atoms with Crippen LogP contribution in [-0.4, -0.2) is 25.4 Å². The van der Waals surface area contributed by atoms with Crippen molar-refractivity contribution in [2.45, 2.75) is 11.7 Å². The number of benzene rings is 1. The lowest BCUT2D eigenvalue weighted by atomic mass is 10.2. The minimum Gasteiger partial charge on any atom is -0.301 e. The Bertz CT molecular complexity index is 763. The highest BCUT2D eigenvalue weighted by atomic mass is 32.2. The maximum atomic E-state index is 11.8. The summed E-state index contributed by atoms with van der Waals surface area (Å²) in [6.45, 7) is 0.666. The summed E-state index contributed by atoms with van der Waals surface area (Å²) in [7, 11) is 0. The molecule has 0 fully saturated rings. The number of aromatic nitrogens is 4. The third-order valence-electron chi connectivity index (χ3n) is 2.87. The second kappa shape index (κ2) is 4.89. The van der Waals surface area contributed by atoms with Gasteiger partial charge in [-0.15, -0.1) is 0 Å². The molecule has 3 rings (SSSR count). The smallest absolute Gasteiger partial charge is 0.301 e. The Kier molecular flexibility index (Phi) is 3.08. The summed E-state index contributed by atoms with van der Waals surface area (Å²) in [6, 6.07) is 11.9. The highest BCUT2D eigenvalue weighted by Gasteiger charge is 2.10. The van der Waals surface area contributed by atoms with Crippen molar-refractivity contribution < 1.29 is 0 Å². The standard InChI is InChI=1S/C13H12N4OS/c1-19-13-15-12(18)17-11(7-8-14-17)16(13)9-10-5-3-2-4-6-10/h2-8H,9H2,1H3. The van der Waals surface area contributed by atoms with Gasteiger partial charge in [0.25, 0.3) is 0 Å². The first-order chi connectivity index (χ1) is 9.29. The van der Waals surface area contributed by atoms with Crippen molar-refractivity contribution in [1.82, 2.24) is 19.2 Å². The van der Waals surface area contributed by atoms with E-state index >= 15 is 0 Å². The van der Waals surface area contributed by atoms with Gasteiger partial charge in [0.05, 0.1) is 12.7 Å². The number of nitrogens with zero attached hydrogens (tertiary/aromatic N) is 4. The van der Waals surface area contributed by atoms with Crippen molar-refractivity contribution in [1.29, 1.82) is 0 Å². The van der Waals surface area contributed by atoms with Gasteiger partial charge in [-0.1, -0.05) is 42.1 Å². The topological polar surface area (TPSA) is 52.2 Å². The summed E-state index contributed by atoms with van der Waals surface area (Å²) in [4.78, 5) is 15.8. The molecule has 5 nitrogen and oxygen atoms in total. The predicted molar refractivity (Wildman–Crippen MR) is 74.6 cm³/mol. The average Bonchev–Trinajstić information content (AvgIpc) is 2.93. The lowest BCUT2D eigenvalue weighted by molar-refractivity contribution is 0.639. The minimum absolute atomic E-state index is 0.339. The van der Waals surface area contributed by atoms with E-state index in [-0.39, 0.29) is 5.69 Å². The molecular weight excluding hydrogens is 260 g/mol. The van der Waals surface area contributed by atoms with E-state index in [0.29, 0.717) is 11.7 Å². The zero-order valence-corrected chi connectivity index (χ0v) is 11.2. The van der Waals surface area contributed by atoms with Crippen molar-refractivity contribution in [3.05, 3.63) is 58.6 Å². The van der Waals surface area contributed by atoms with Gasteiger partial charge in [0.2, 0.25) is 0 Å². The van der Waals surface area contributed by atoms with E-state index in [2.05, 4.69) is 22.2 Å². The maximum absolute atomic E-state index is 11.8. The summed E-state index contributed by atoms with van der Waals surface area (Å²) in [5, 5.41) is 4.70. The van der Waals surface area contributed by atoms with Gasteiger partial charge in [0, 0.05) is 6.07 Å². The monoisotopic (exact) mass is 272 g/mol. The molecule has 3 aromatic rings. The molecule has 0 N–H and O–H groups in total. The first-order valence-corrected chi connectivity index (χ1v) is 7.04. The van der Waals surface area contributed by atoms with Crippen LogP contribution in [0.15, 0.2) is 52.5 Å². The molecule has 0 aliphatic heterocycles. The van der Waals surface area contributed by atoms with Crippen LogP contribution in [0.2, 0.25) is 0 Å². The predicted octanol–water partition coefficient (Wildman–Crippen LogP) is 1.66. The van der Waals surface area contributed by atoms with Crippen LogP contribution in [0.25, 0.3) is 5.65 Å². The Balaban J connectivity index is 2.19. The van der Waals surface area contributed by atoms with Crippen LogP contribution < -0.4 is 5.69 Å². The van der Waals surface area contributed by atoms with Crippen LogP contribution >= 0.6 is 11.8 Å². The molecule has 19 heavy (non-hydrogen) atoms. The molecule has 1 aromatic carbocycles. The molecule has 0 aliphatic carbocycles. The van der Waals surface area contributed by atoms with E-state index in [9.17, 15) is 4.79 Å². The number of thioether (sulfide) groups is 1. The minimum atomic E-state index is -0.339. The van der Waals surface area contributed by atoms with Crippen LogP contribution in [0.3, 0.4) is 0 Å². The molecule has 96 valence electrons. The fraction of sp³-hybridized carbons (Fsp3) is 0.154. The van der Waals surface area contributed by atoms with E-state index < -0.39 is 0 Å². The summed E-state index contributed by atoms with van der Waals surface area (Å²) >= 11 is 1.46. The van der Waals surface area contributed by atoms with Crippen LogP contribution in [0.1, 0.15) is 5.56 Å². The fourth-order valence-electron chi connectivity index (χ4n) is 2.01. The molecule has 0 radical (unpaired) electrons. The Morgan fingerprint density at radius 1 is 1.21 bits per heavy atom. The third-order valence-corrected chi connectivity index (χ3v) is 3.55. The molecule has 0 amide bonds. The summed E-state index contributed by atoms with van der Waals surface area (Å²) < 4.78 is 3.32. The zero-order valence-electron chi connectivity index (χ0n) is 10.4. The van der Waals surface area contributed by atoms with Gasteiger partial charge in [0.15, 0.2) is 5.16 Å². The van der Waals surface area contributed by atoms with E-state index in [0.717, 1.165) is 11.2 Å². The normalized spacial score (nSPS) is 11.0. The van der Waals surface area contributed by atoms with Crippen molar-refractivity contribution in [3.8, 4) is 0 Å². The quantitative estimate of drug-likeness (QED) is 0.680. The first kappa shape index (κ1) is 12.0. The van der Waals surface area contributed by atoms with E-state index in [1.165, 1.54) is 16.3 Å². The van der Waals surface area contributed by atoms with Crippen LogP contribution in [0.4, 0.5) is 0 Å². The van der Waals surface area contributed by atoms with Gasteiger partial charge >= 0.3 is 5.69 Å². The molecular formula is C13H12N4OS. The fourth-order valence-corrected chi connectivity index (χ4v) is 2.55. The van der Waals surface area contributed by atoms with Crippen LogP contribution in [-0.2, 0) is 6.54 Å². The number of rotatable bonds is 3. The molecule has 2 heterocycles. The lowest BCUT2D eigenvalue weighted by Gasteiger charge is -2.12. The summed E-state index contributed by atoms with van der Waals surface area (Å²) in [6.07, 6.45) is 3.53. The zero-order chi connectivity index (χ0) is 13.2. The van der Waals surface area contributed by atoms with Gasteiger partial charge in [-0.25, -0.2) is 4.79 Å². The second-order valence-corrected chi connectivity index (χ2v) is 4.83. The lowest BCUT2D eigenvalue weighted by Crippen LogP contribution is -2.23. The molecule has 0 unspecified atom stereocenters. The summed E-state index contributed by atoms with van der Waals surface area (Å²) in [5.74, 6) is 0. The molecule has 0 bridgehead atoms. The molecule has 0 atom stereocenters. The molecule has 0 saturated carbocycles. The van der Waals surface area contributed by atoms with E-state index in [1.54, 1.807) is 6.20 Å². The number of fused-ring (bicyclic) bond motifs is 1. The van der Waals surface area contributed by atoms with Gasteiger partial charge in [-0.2, -0.15) is 14.6 Å². The maximum Gasteiger partial charge on any atom is 0.372 e. The van der Waals surface area contributed by atoms with Crippen LogP contribution in [0, 0.1) is 0 Å². The molecule has 0 spiro atoms. The van der Waals surface area contributed by atoms with Crippen molar-refractivity contribution >= 4 is 17.4 Å². The van der Waals surface area contributed by atoms with Crippen molar-refractivity contribution in [3.63, 3.8) is 0 Å². The van der Waals surface area contributed by atoms with Crippen molar-refractivity contribution in [2.75, 3.05) is 6.26 Å². The Morgan fingerprint density at radius 3 is 2.74 bits per heavy atom. The number of hydrogen-bond donors (Lipinski definition) is 0. The molecule has 2 aromatic heterocycles. The van der Waals surface area contributed by atoms with Crippen LogP contribution in [0.5, 0.6) is 0 Å². The first-order valence-electron chi connectivity index (χ1n) is 5.82. The molecule has 6 heteroatoms.